The third kappa shape index (κ3) is 2.39. The third-order valence-corrected chi connectivity index (χ3v) is 4.37. The molecule has 1 fully saturated rings. The zero-order chi connectivity index (χ0) is 14.8. The van der Waals surface area contributed by atoms with Crippen LogP contribution in [0.2, 0.25) is 0 Å². The van der Waals surface area contributed by atoms with Gasteiger partial charge in [0.1, 0.15) is 5.52 Å². The van der Waals surface area contributed by atoms with E-state index < -0.39 is 0 Å². The first kappa shape index (κ1) is 13.1. The number of rotatable bonds is 2. The molecule has 0 aliphatic carbocycles. The van der Waals surface area contributed by atoms with Gasteiger partial charge in [-0.05, 0) is 42.5 Å². The second-order valence-corrected chi connectivity index (χ2v) is 5.65. The van der Waals surface area contributed by atoms with Gasteiger partial charge in [-0.2, -0.15) is 10.2 Å². The fourth-order valence-corrected chi connectivity index (χ4v) is 3.19. The van der Waals surface area contributed by atoms with Crippen LogP contribution in [0.5, 0.6) is 0 Å². The van der Waals surface area contributed by atoms with Crippen LogP contribution in [0.4, 0.5) is 5.82 Å². The van der Waals surface area contributed by atoms with E-state index in [0.717, 1.165) is 42.7 Å². The zero-order valence-corrected chi connectivity index (χ0v) is 12.3. The van der Waals surface area contributed by atoms with Gasteiger partial charge in [0.25, 0.3) is 0 Å². The number of aromatic nitrogens is 4. The Labute approximate surface area is 129 Å². The molecule has 4 rings (SSSR count). The lowest BCUT2D eigenvalue weighted by Gasteiger charge is -2.33. The van der Waals surface area contributed by atoms with Crippen molar-refractivity contribution in [2.75, 3.05) is 18.0 Å². The van der Waals surface area contributed by atoms with Crippen LogP contribution in [0, 0.1) is 0 Å². The summed E-state index contributed by atoms with van der Waals surface area (Å²) in [6, 6.07) is 8.14. The molecule has 110 valence electrons. The third-order valence-electron chi connectivity index (χ3n) is 4.37. The van der Waals surface area contributed by atoms with Crippen molar-refractivity contribution in [1.29, 1.82) is 0 Å². The van der Waals surface area contributed by atoms with E-state index in [1.54, 1.807) is 6.20 Å². The van der Waals surface area contributed by atoms with E-state index in [9.17, 15) is 0 Å². The van der Waals surface area contributed by atoms with Gasteiger partial charge < -0.3 is 4.90 Å². The molecule has 1 saturated heterocycles. The van der Waals surface area contributed by atoms with E-state index in [2.05, 4.69) is 37.2 Å². The van der Waals surface area contributed by atoms with Crippen molar-refractivity contribution in [1.82, 2.24) is 20.2 Å². The SMILES string of the molecule is c1cnc2c(N3CCC(c4ccnnc4)CC3)nccc2c1. The molecule has 0 saturated carbocycles. The number of pyridine rings is 2. The molecule has 0 amide bonds. The van der Waals surface area contributed by atoms with Gasteiger partial charge in [-0.3, -0.25) is 4.98 Å². The Kier molecular flexibility index (Phi) is 3.39. The van der Waals surface area contributed by atoms with Gasteiger partial charge >= 0.3 is 0 Å². The van der Waals surface area contributed by atoms with Crippen molar-refractivity contribution in [3.63, 3.8) is 0 Å². The minimum absolute atomic E-state index is 0.565. The van der Waals surface area contributed by atoms with Gasteiger partial charge in [-0.25, -0.2) is 4.98 Å². The predicted octanol–water partition coefficient (Wildman–Crippen LogP) is 2.80. The lowest BCUT2D eigenvalue weighted by Crippen LogP contribution is -2.33. The summed E-state index contributed by atoms with van der Waals surface area (Å²) in [7, 11) is 0. The Hall–Kier alpha value is -2.56. The molecule has 1 aliphatic heterocycles. The average Bonchev–Trinajstić information content (AvgIpc) is 2.62. The molecule has 3 aromatic heterocycles. The van der Waals surface area contributed by atoms with Crippen LogP contribution >= 0.6 is 0 Å². The Morgan fingerprint density at radius 2 is 1.82 bits per heavy atom. The molecular weight excluding hydrogens is 274 g/mol. The number of hydrogen-bond donors (Lipinski definition) is 0. The van der Waals surface area contributed by atoms with Crippen LogP contribution in [0.15, 0.2) is 49.1 Å². The van der Waals surface area contributed by atoms with Crippen LogP contribution in [-0.2, 0) is 0 Å². The molecule has 22 heavy (non-hydrogen) atoms. The van der Waals surface area contributed by atoms with E-state index in [-0.39, 0.29) is 0 Å². The fraction of sp³-hybridized carbons (Fsp3) is 0.294. The van der Waals surface area contributed by atoms with Gasteiger partial charge in [0.15, 0.2) is 5.82 Å². The van der Waals surface area contributed by atoms with Gasteiger partial charge in [0, 0.05) is 37.1 Å². The van der Waals surface area contributed by atoms with Gasteiger partial charge in [0.2, 0.25) is 0 Å². The van der Waals surface area contributed by atoms with Crippen molar-refractivity contribution in [2.24, 2.45) is 0 Å². The zero-order valence-electron chi connectivity index (χ0n) is 12.3. The maximum Gasteiger partial charge on any atom is 0.155 e. The highest BCUT2D eigenvalue weighted by atomic mass is 15.2. The summed E-state index contributed by atoms with van der Waals surface area (Å²) in [5, 5.41) is 9.00. The monoisotopic (exact) mass is 291 g/mol. The Morgan fingerprint density at radius 1 is 0.909 bits per heavy atom. The highest BCUT2D eigenvalue weighted by Crippen LogP contribution is 2.31. The maximum atomic E-state index is 4.57. The molecule has 0 aromatic carbocycles. The van der Waals surface area contributed by atoms with E-state index in [4.69, 9.17) is 0 Å². The van der Waals surface area contributed by atoms with E-state index in [1.165, 1.54) is 5.56 Å². The molecule has 3 aromatic rings. The minimum atomic E-state index is 0.565. The normalized spacial score (nSPS) is 16.1. The molecule has 0 radical (unpaired) electrons. The Bertz CT molecular complexity index is 761. The summed E-state index contributed by atoms with van der Waals surface area (Å²) in [5.74, 6) is 1.57. The molecule has 0 unspecified atom stereocenters. The molecule has 0 spiro atoms. The lowest BCUT2D eigenvalue weighted by atomic mass is 9.91. The van der Waals surface area contributed by atoms with Gasteiger partial charge in [0.05, 0.1) is 6.20 Å². The molecule has 0 atom stereocenters. The standard InChI is InChI=1S/C17H17N5/c1-2-14-3-8-19-17(16(14)18-7-1)22-10-5-13(6-11-22)15-4-9-20-21-12-15/h1-4,7-9,12-13H,5-6,10-11H2. The second kappa shape index (κ2) is 5.67. The summed E-state index contributed by atoms with van der Waals surface area (Å²) < 4.78 is 0. The molecule has 5 heteroatoms. The van der Waals surface area contributed by atoms with E-state index >= 15 is 0 Å². The maximum absolute atomic E-state index is 4.57. The summed E-state index contributed by atoms with van der Waals surface area (Å²) >= 11 is 0. The summed E-state index contributed by atoms with van der Waals surface area (Å²) in [6.07, 6.45) is 9.59. The largest absolute Gasteiger partial charge is 0.355 e. The van der Waals surface area contributed by atoms with Crippen LogP contribution in [0.3, 0.4) is 0 Å². The number of hydrogen-bond acceptors (Lipinski definition) is 5. The van der Waals surface area contributed by atoms with Crippen molar-refractivity contribution in [3.8, 4) is 0 Å². The highest BCUT2D eigenvalue weighted by molar-refractivity contribution is 5.88. The Morgan fingerprint density at radius 3 is 2.64 bits per heavy atom. The lowest BCUT2D eigenvalue weighted by molar-refractivity contribution is 0.501. The molecule has 5 nitrogen and oxygen atoms in total. The highest BCUT2D eigenvalue weighted by Gasteiger charge is 2.23. The van der Waals surface area contributed by atoms with Crippen molar-refractivity contribution < 1.29 is 0 Å². The first-order valence-corrected chi connectivity index (χ1v) is 7.63. The Balaban J connectivity index is 1.56. The van der Waals surface area contributed by atoms with Gasteiger partial charge in [-0.1, -0.05) is 6.07 Å². The fourth-order valence-electron chi connectivity index (χ4n) is 3.19. The molecule has 0 bridgehead atoms. The first-order chi connectivity index (χ1) is 10.9. The summed E-state index contributed by atoms with van der Waals surface area (Å²) in [6.45, 7) is 1.99. The minimum Gasteiger partial charge on any atom is -0.355 e. The number of nitrogens with zero attached hydrogens (tertiary/aromatic N) is 5. The molecule has 0 N–H and O–H groups in total. The smallest absolute Gasteiger partial charge is 0.155 e. The molecule has 1 aliphatic rings. The van der Waals surface area contributed by atoms with Crippen molar-refractivity contribution in [3.05, 3.63) is 54.6 Å². The molecular formula is C17H17N5. The van der Waals surface area contributed by atoms with Crippen molar-refractivity contribution >= 4 is 16.7 Å². The van der Waals surface area contributed by atoms with E-state index in [0.29, 0.717) is 5.92 Å². The van der Waals surface area contributed by atoms with Crippen LogP contribution in [0.25, 0.3) is 10.9 Å². The summed E-state index contributed by atoms with van der Waals surface area (Å²) in [4.78, 5) is 11.4. The predicted molar refractivity (Wildman–Crippen MR) is 85.8 cm³/mol. The number of piperidine rings is 1. The first-order valence-electron chi connectivity index (χ1n) is 7.63. The average molecular weight is 291 g/mol. The van der Waals surface area contributed by atoms with Crippen molar-refractivity contribution in [2.45, 2.75) is 18.8 Å². The van der Waals surface area contributed by atoms with Gasteiger partial charge in [-0.15, -0.1) is 0 Å². The number of fused-ring (bicyclic) bond motifs is 1. The quantitative estimate of drug-likeness (QED) is 0.726. The van der Waals surface area contributed by atoms with E-state index in [1.807, 2.05) is 30.7 Å². The van der Waals surface area contributed by atoms with Crippen LogP contribution in [0.1, 0.15) is 24.3 Å². The second-order valence-electron chi connectivity index (χ2n) is 5.65. The summed E-state index contributed by atoms with van der Waals surface area (Å²) in [5.41, 5.74) is 2.28. The van der Waals surface area contributed by atoms with Crippen LogP contribution in [-0.4, -0.2) is 33.3 Å². The molecule has 4 heterocycles. The van der Waals surface area contributed by atoms with Crippen LogP contribution < -0.4 is 4.90 Å². The number of anilines is 1. The topological polar surface area (TPSA) is 54.8 Å².